The van der Waals surface area contributed by atoms with Gasteiger partial charge in [0.2, 0.25) is 0 Å². The molecule has 3 nitrogen and oxygen atoms in total. The Morgan fingerprint density at radius 3 is 2.18 bits per heavy atom. The van der Waals surface area contributed by atoms with Crippen LogP contribution < -0.4 is 0 Å². The van der Waals surface area contributed by atoms with Gasteiger partial charge in [-0.25, -0.2) is 12.8 Å². The van der Waals surface area contributed by atoms with Crippen molar-refractivity contribution in [2.24, 2.45) is 0 Å². The van der Waals surface area contributed by atoms with Crippen molar-refractivity contribution < 1.29 is 12.8 Å². The largest absolute Gasteiger partial charge is 0.262 e. The first-order valence-corrected chi connectivity index (χ1v) is 6.94. The van der Waals surface area contributed by atoms with E-state index in [0.29, 0.717) is 11.3 Å². The number of halogens is 2. The first-order chi connectivity index (χ1) is 7.97. The van der Waals surface area contributed by atoms with Gasteiger partial charge >= 0.3 is 0 Å². The molecule has 0 saturated heterocycles. The van der Waals surface area contributed by atoms with Crippen LogP contribution in [0.4, 0.5) is 4.39 Å². The van der Waals surface area contributed by atoms with Crippen molar-refractivity contribution in [2.75, 3.05) is 0 Å². The van der Waals surface area contributed by atoms with E-state index in [1.165, 1.54) is 30.5 Å². The van der Waals surface area contributed by atoms with E-state index in [-0.39, 0.29) is 10.7 Å². The molecule has 0 aliphatic rings. The molecule has 0 atom stereocenters. The maximum atomic E-state index is 12.7. The molecule has 0 radical (unpaired) electrons. The zero-order chi connectivity index (χ0) is 12.5. The quantitative estimate of drug-likeness (QED) is 0.789. The van der Waals surface area contributed by atoms with E-state index in [2.05, 4.69) is 4.98 Å². The first-order valence-electron chi connectivity index (χ1n) is 4.63. The third kappa shape index (κ3) is 2.81. The van der Waals surface area contributed by atoms with Gasteiger partial charge in [0, 0.05) is 22.4 Å². The fourth-order valence-corrected chi connectivity index (χ4v) is 2.00. The third-order valence-electron chi connectivity index (χ3n) is 2.16. The van der Waals surface area contributed by atoms with Gasteiger partial charge in [-0.1, -0.05) is 0 Å². The number of rotatable bonds is 2. The topological polar surface area (TPSA) is 47.0 Å². The molecular weight excluding hydrogens is 265 g/mol. The summed E-state index contributed by atoms with van der Waals surface area (Å²) in [5, 5.41) is 0. The second kappa shape index (κ2) is 4.43. The monoisotopic (exact) mass is 271 g/mol. The zero-order valence-electron chi connectivity index (χ0n) is 8.47. The minimum atomic E-state index is -3.76. The lowest BCUT2D eigenvalue weighted by Gasteiger charge is -2.01. The molecule has 1 aromatic carbocycles. The van der Waals surface area contributed by atoms with E-state index in [9.17, 15) is 12.8 Å². The summed E-state index contributed by atoms with van der Waals surface area (Å²) < 4.78 is 34.7. The van der Waals surface area contributed by atoms with E-state index in [1.54, 1.807) is 12.1 Å². The number of aromatic nitrogens is 1. The summed E-state index contributed by atoms with van der Waals surface area (Å²) in [6.45, 7) is 0. The van der Waals surface area contributed by atoms with Gasteiger partial charge in [0.15, 0.2) is 0 Å². The van der Waals surface area contributed by atoms with Crippen LogP contribution in [0.3, 0.4) is 0 Å². The summed E-state index contributed by atoms with van der Waals surface area (Å²) in [6.07, 6.45) is 1.17. The van der Waals surface area contributed by atoms with Crippen molar-refractivity contribution in [3.63, 3.8) is 0 Å². The van der Waals surface area contributed by atoms with Crippen LogP contribution in [0.15, 0.2) is 47.5 Å². The lowest BCUT2D eigenvalue weighted by atomic mass is 10.1. The van der Waals surface area contributed by atoms with Gasteiger partial charge in [-0.2, -0.15) is 0 Å². The minimum Gasteiger partial charge on any atom is -0.255 e. The average molecular weight is 272 g/mol. The SMILES string of the molecule is O=S(=O)(Cl)c1ccc(-c2ccc(F)cc2)nc1. The number of hydrogen-bond acceptors (Lipinski definition) is 3. The number of hydrogen-bond donors (Lipinski definition) is 0. The molecular formula is C11H7ClFNO2S. The van der Waals surface area contributed by atoms with Crippen LogP contribution in [0.1, 0.15) is 0 Å². The van der Waals surface area contributed by atoms with Crippen molar-refractivity contribution in [2.45, 2.75) is 4.90 Å². The molecule has 1 heterocycles. The summed E-state index contributed by atoms with van der Waals surface area (Å²) >= 11 is 0. The van der Waals surface area contributed by atoms with E-state index < -0.39 is 9.05 Å². The van der Waals surface area contributed by atoms with E-state index >= 15 is 0 Å². The van der Waals surface area contributed by atoms with Crippen molar-refractivity contribution >= 4 is 19.7 Å². The van der Waals surface area contributed by atoms with Gasteiger partial charge < -0.3 is 0 Å². The molecule has 0 bridgehead atoms. The van der Waals surface area contributed by atoms with Crippen LogP contribution in [0, 0.1) is 5.82 Å². The molecule has 2 aromatic rings. The lowest BCUT2D eigenvalue weighted by Crippen LogP contribution is -1.92. The molecule has 0 N–H and O–H groups in total. The van der Waals surface area contributed by atoms with E-state index in [1.807, 2.05) is 0 Å². The molecule has 0 aliphatic heterocycles. The number of benzene rings is 1. The highest BCUT2D eigenvalue weighted by atomic mass is 35.7. The first kappa shape index (κ1) is 12.0. The molecule has 2 rings (SSSR count). The molecule has 0 aliphatic carbocycles. The Kier molecular flexibility index (Phi) is 3.13. The standard InChI is InChI=1S/C11H7ClFNO2S/c12-17(15,16)10-5-6-11(14-7-10)8-1-3-9(13)4-2-8/h1-7H. The second-order valence-electron chi connectivity index (χ2n) is 3.32. The Hall–Kier alpha value is -1.46. The van der Waals surface area contributed by atoms with Gasteiger partial charge in [-0.05, 0) is 36.4 Å². The van der Waals surface area contributed by atoms with E-state index in [0.717, 1.165) is 0 Å². The Bertz CT molecular complexity index is 624. The third-order valence-corrected chi connectivity index (χ3v) is 3.50. The van der Waals surface area contributed by atoms with Crippen LogP contribution in [-0.2, 0) is 9.05 Å². The highest BCUT2D eigenvalue weighted by Crippen LogP contribution is 2.20. The highest BCUT2D eigenvalue weighted by Gasteiger charge is 2.10. The van der Waals surface area contributed by atoms with Crippen LogP contribution in [-0.4, -0.2) is 13.4 Å². The van der Waals surface area contributed by atoms with Crippen LogP contribution in [0.25, 0.3) is 11.3 Å². The molecule has 88 valence electrons. The van der Waals surface area contributed by atoms with Gasteiger partial charge in [-0.15, -0.1) is 0 Å². The molecule has 0 amide bonds. The van der Waals surface area contributed by atoms with Crippen molar-refractivity contribution in [3.8, 4) is 11.3 Å². The molecule has 17 heavy (non-hydrogen) atoms. The summed E-state index contributed by atoms with van der Waals surface area (Å²) in [6, 6.07) is 8.61. The van der Waals surface area contributed by atoms with Crippen molar-refractivity contribution in [3.05, 3.63) is 48.4 Å². The zero-order valence-corrected chi connectivity index (χ0v) is 10.0. The van der Waals surface area contributed by atoms with Crippen molar-refractivity contribution in [1.82, 2.24) is 4.98 Å². The Balaban J connectivity index is 2.39. The fourth-order valence-electron chi connectivity index (χ4n) is 1.32. The molecule has 0 saturated carbocycles. The summed E-state index contributed by atoms with van der Waals surface area (Å²) in [5.74, 6) is -0.339. The number of nitrogens with zero attached hydrogens (tertiary/aromatic N) is 1. The summed E-state index contributed by atoms with van der Waals surface area (Å²) in [7, 11) is 1.40. The Morgan fingerprint density at radius 1 is 1.06 bits per heavy atom. The van der Waals surface area contributed by atoms with E-state index in [4.69, 9.17) is 10.7 Å². The van der Waals surface area contributed by atoms with Crippen molar-refractivity contribution in [1.29, 1.82) is 0 Å². The second-order valence-corrected chi connectivity index (χ2v) is 5.89. The predicted octanol–water partition coefficient (Wildman–Crippen LogP) is 2.82. The normalized spacial score (nSPS) is 11.4. The molecule has 0 unspecified atom stereocenters. The molecule has 1 aromatic heterocycles. The Morgan fingerprint density at radius 2 is 1.71 bits per heavy atom. The number of pyridine rings is 1. The van der Waals surface area contributed by atoms with Gasteiger partial charge in [0.1, 0.15) is 10.7 Å². The predicted molar refractivity (Wildman–Crippen MR) is 62.7 cm³/mol. The van der Waals surface area contributed by atoms with Gasteiger partial charge in [0.25, 0.3) is 9.05 Å². The van der Waals surface area contributed by atoms with Crippen LogP contribution in [0.2, 0.25) is 0 Å². The maximum absolute atomic E-state index is 12.7. The molecule has 0 spiro atoms. The maximum Gasteiger partial charge on any atom is 0.262 e. The molecule has 6 heteroatoms. The van der Waals surface area contributed by atoms with Crippen LogP contribution in [0.5, 0.6) is 0 Å². The Labute approximate surface area is 102 Å². The average Bonchev–Trinajstić information content (AvgIpc) is 2.29. The molecule has 0 fully saturated rings. The van der Waals surface area contributed by atoms with Crippen LogP contribution >= 0.6 is 10.7 Å². The van der Waals surface area contributed by atoms with Gasteiger partial charge in [0.05, 0.1) is 5.69 Å². The highest BCUT2D eigenvalue weighted by molar-refractivity contribution is 8.13. The van der Waals surface area contributed by atoms with Gasteiger partial charge in [-0.3, -0.25) is 4.98 Å². The summed E-state index contributed by atoms with van der Waals surface area (Å²) in [5.41, 5.74) is 1.25. The minimum absolute atomic E-state index is 0.0648. The summed E-state index contributed by atoms with van der Waals surface area (Å²) in [4.78, 5) is 3.89. The fraction of sp³-hybridized carbons (Fsp3) is 0. The lowest BCUT2D eigenvalue weighted by molar-refractivity contribution is 0.609. The smallest absolute Gasteiger partial charge is 0.255 e.